The number of hydrogen-bond donors (Lipinski definition) is 1. The van der Waals surface area contributed by atoms with E-state index in [4.69, 9.17) is 4.74 Å². The Hall–Kier alpha value is -1.88. The van der Waals surface area contributed by atoms with Crippen LogP contribution in [0.4, 0.5) is 0 Å². The monoisotopic (exact) mass is 274 g/mol. The van der Waals surface area contributed by atoms with Crippen molar-refractivity contribution in [1.82, 2.24) is 20.1 Å². The van der Waals surface area contributed by atoms with E-state index in [-0.39, 0.29) is 0 Å². The summed E-state index contributed by atoms with van der Waals surface area (Å²) in [5.41, 5.74) is 0. The second kappa shape index (κ2) is 7.65. The summed E-state index contributed by atoms with van der Waals surface area (Å²) in [6.45, 7) is 6.44. The number of aromatic nitrogens is 3. The van der Waals surface area contributed by atoms with Gasteiger partial charge in [-0.15, -0.1) is 0 Å². The average molecular weight is 274 g/mol. The molecule has 2 aromatic rings. The zero-order valence-electron chi connectivity index (χ0n) is 12.1. The molecule has 20 heavy (non-hydrogen) atoms. The minimum Gasteiger partial charge on any atom is -0.494 e. The third-order valence-corrected chi connectivity index (χ3v) is 2.80. The molecule has 1 aromatic carbocycles. The van der Waals surface area contributed by atoms with Crippen LogP contribution in [0.15, 0.2) is 36.7 Å². The van der Waals surface area contributed by atoms with Crippen LogP contribution in [-0.2, 0) is 13.1 Å². The number of ether oxygens (including phenoxy) is 1. The van der Waals surface area contributed by atoms with Crippen molar-refractivity contribution in [1.29, 1.82) is 0 Å². The number of benzene rings is 1. The van der Waals surface area contributed by atoms with Crippen LogP contribution in [-0.4, -0.2) is 27.4 Å². The molecule has 0 amide bonds. The van der Waals surface area contributed by atoms with E-state index in [1.54, 1.807) is 6.33 Å². The summed E-state index contributed by atoms with van der Waals surface area (Å²) < 4.78 is 7.51. The molecule has 0 aliphatic rings. The minimum atomic E-state index is 0.446. The van der Waals surface area contributed by atoms with Gasteiger partial charge in [0.25, 0.3) is 0 Å². The van der Waals surface area contributed by atoms with Gasteiger partial charge in [0, 0.05) is 19.0 Å². The standard InChI is InChI=1S/C15H22N4O/c1-13(2)16-11-15-17-12-19(18-15)9-6-10-20-14-7-4-3-5-8-14/h3-5,7-8,12-13,16H,6,9-11H2,1-2H3. The summed E-state index contributed by atoms with van der Waals surface area (Å²) in [5, 5.41) is 7.72. The van der Waals surface area contributed by atoms with Gasteiger partial charge in [-0.25, -0.2) is 4.98 Å². The fourth-order valence-corrected chi connectivity index (χ4v) is 1.75. The van der Waals surface area contributed by atoms with E-state index >= 15 is 0 Å². The first-order valence-electron chi connectivity index (χ1n) is 7.03. The smallest absolute Gasteiger partial charge is 0.164 e. The number of para-hydroxylation sites is 1. The van der Waals surface area contributed by atoms with E-state index in [0.717, 1.165) is 24.5 Å². The van der Waals surface area contributed by atoms with Gasteiger partial charge in [-0.3, -0.25) is 4.68 Å². The molecule has 0 bridgehead atoms. The van der Waals surface area contributed by atoms with E-state index < -0.39 is 0 Å². The van der Waals surface area contributed by atoms with Gasteiger partial charge in [0.15, 0.2) is 5.82 Å². The fourth-order valence-electron chi connectivity index (χ4n) is 1.75. The second-order valence-corrected chi connectivity index (χ2v) is 4.97. The van der Waals surface area contributed by atoms with Crippen LogP contribution < -0.4 is 10.1 Å². The first-order valence-corrected chi connectivity index (χ1v) is 7.03. The number of rotatable bonds is 8. The molecule has 0 aliphatic carbocycles. The van der Waals surface area contributed by atoms with E-state index in [0.29, 0.717) is 19.2 Å². The Morgan fingerprint density at radius 3 is 2.80 bits per heavy atom. The molecule has 0 atom stereocenters. The predicted molar refractivity (Wildman–Crippen MR) is 78.6 cm³/mol. The minimum absolute atomic E-state index is 0.446. The topological polar surface area (TPSA) is 52.0 Å². The Morgan fingerprint density at radius 1 is 1.25 bits per heavy atom. The van der Waals surface area contributed by atoms with Crippen LogP contribution in [0.3, 0.4) is 0 Å². The van der Waals surface area contributed by atoms with Gasteiger partial charge in [0.2, 0.25) is 0 Å². The SMILES string of the molecule is CC(C)NCc1ncn(CCCOc2ccccc2)n1. The Kier molecular flexibility index (Phi) is 5.55. The van der Waals surface area contributed by atoms with E-state index in [9.17, 15) is 0 Å². The summed E-state index contributed by atoms with van der Waals surface area (Å²) in [6.07, 6.45) is 2.69. The fraction of sp³-hybridized carbons (Fsp3) is 0.467. The summed E-state index contributed by atoms with van der Waals surface area (Å²) in [7, 11) is 0. The van der Waals surface area contributed by atoms with Crippen molar-refractivity contribution < 1.29 is 4.74 Å². The van der Waals surface area contributed by atoms with Crippen LogP contribution in [0.5, 0.6) is 5.75 Å². The summed E-state index contributed by atoms with van der Waals surface area (Å²) >= 11 is 0. The molecule has 0 radical (unpaired) electrons. The van der Waals surface area contributed by atoms with Gasteiger partial charge < -0.3 is 10.1 Å². The molecule has 5 heteroatoms. The molecule has 0 aliphatic heterocycles. The van der Waals surface area contributed by atoms with Crippen LogP contribution in [0.1, 0.15) is 26.1 Å². The highest BCUT2D eigenvalue weighted by molar-refractivity contribution is 5.20. The third-order valence-electron chi connectivity index (χ3n) is 2.80. The summed E-state index contributed by atoms with van der Waals surface area (Å²) in [4.78, 5) is 4.27. The van der Waals surface area contributed by atoms with Crippen molar-refractivity contribution >= 4 is 0 Å². The summed E-state index contributed by atoms with van der Waals surface area (Å²) in [6, 6.07) is 10.3. The predicted octanol–water partition coefficient (Wildman–Crippen LogP) is 2.25. The van der Waals surface area contributed by atoms with Crippen LogP contribution >= 0.6 is 0 Å². The molecule has 1 heterocycles. The van der Waals surface area contributed by atoms with Crippen molar-refractivity contribution in [3.8, 4) is 5.75 Å². The molecule has 1 aromatic heterocycles. The lowest BCUT2D eigenvalue weighted by Gasteiger charge is -2.06. The quantitative estimate of drug-likeness (QED) is 0.750. The number of nitrogens with zero attached hydrogens (tertiary/aromatic N) is 3. The van der Waals surface area contributed by atoms with E-state index in [1.807, 2.05) is 35.0 Å². The van der Waals surface area contributed by atoms with Crippen LogP contribution in [0.2, 0.25) is 0 Å². The maximum Gasteiger partial charge on any atom is 0.164 e. The van der Waals surface area contributed by atoms with Crippen molar-refractivity contribution in [2.24, 2.45) is 0 Å². The average Bonchev–Trinajstić information content (AvgIpc) is 2.90. The Bertz CT molecular complexity index is 496. The molecule has 0 spiro atoms. The molecule has 0 unspecified atom stereocenters. The number of hydrogen-bond acceptors (Lipinski definition) is 4. The number of aryl methyl sites for hydroxylation is 1. The summed E-state index contributed by atoms with van der Waals surface area (Å²) in [5.74, 6) is 1.75. The first-order chi connectivity index (χ1) is 9.74. The Labute approximate surface area is 120 Å². The molecule has 108 valence electrons. The molecule has 0 saturated carbocycles. The van der Waals surface area contributed by atoms with Crippen molar-refractivity contribution in [3.05, 3.63) is 42.5 Å². The number of nitrogens with one attached hydrogen (secondary N) is 1. The molecule has 2 rings (SSSR count). The Morgan fingerprint density at radius 2 is 2.05 bits per heavy atom. The van der Waals surface area contributed by atoms with E-state index in [1.165, 1.54) is 0 Å². The van der Waals surface area contributed by atoms with Gasteiger partial charge >= 0.3 is 0 Å². The third kappa shape index (κ3) is 5.01. The lowest BCUT2D eigenvalue weighted by Crippen LogP contribution is -2.22. The van der Waals surface area contributed by atoms with Crippen molar-refractivity contribution in [2.75, 3.05) is 6.61 Å². The van der Waals surface area contributed by atoms with Crippen LogP contribution in [0.25, 0.3) is 0 Å². The molecular weight excluding hydrogens is 252 g/mol. The Balaban J connectivity index is 1.67. The van der Waals surface area contributed by atoms with Crippen molar-refractivity contribution in [2.45, 2.75) is 39.4 Å². The van der Waals surface area contributed by atoms with Crippen LogP contribution in [0, 0.1) is 0 Å². The van der Waals surface area contributed by atoms with Gasteiger partial charge in [0.05, 0.1) is 13.2 Å². The lowest BCUT2D eigenvalue weighted by molar-refractivity contribution is 0.298. The highest BCUT2D eigenvalue weighted by atomic mass is 16.5. The highest BCUT2D eigenvalue weighted by Gasteiger charge is 2.01. The first kappa shape index (κ1) is 14.5. The van der Waals surface area contributed by atoms with Crippen molar-refractivity contribution in [3.63, 3.8) is 0 Å². The maximum absolute atomic E-state index is 5.64. The van der Waals surface area contributed by atoms with Gasteiger partial charge in [-0.05, 0) is 12.1 Å². The maximum atomic E-state index is 5.64. The van der Waals surface area contributed by atoms with Gasteiger partial charge in [0.1, 0.15) is 12.1 Å². The second-order valence-electron chi connectivity index (χ2n) is 4.97. The normalized spacial score (nSPS) is 10.9. The van der Waals surface area contributed by atoms with Gasteiger partial charge in [-0.2, -0.15) is 5.10 Å². The zero-order chi connectivity index (χ0) is 14.2. The van der Waals surface area contributed by atoms with E-state index in [2.05, 4.69) is 29.2 Å². The lowest BCUT2D eigenvalue weighted by atomic mass is 10.3. The molecule has 0 saturated heterocycles. The molecular formula is C15H22N4O. The largest absolute Gasteiger partial charge is 0.494 e. The molecule has 0 fully saturated rings. The molecule has 1 N–H and O–H groups in total. The zero-order valence-corrected chi connectivity index (χ0v) is 12.1. The molecule has 5 nitrogen and oxygen atoms in total. The highest BCUT2D eigenvalue weighted by Crippen LogP contribution is 2.08. The van der Waals surface area contributed by atoms with Gasteiger partial charge in [-0.1, -0.05) is 32.0 Å².